The summed E-state index contributed by atoms with van der Waals surface area (Å²) in [5.41, 5.74) is 1.38. The highest BCUT2D eigenvalue weighted by Crippen LogP contribution is 2.22. The predicted octanol–water partition coefficient (Wildman–Crippen LogP) is 2.20. The van der Waals surface area contributed by atoms with Gasteiger partial charge in [0.15, 0.2) is 5.69 Å². The van der Waals surface area contributed by atoms with Crippen LogP contribution in [0.2, 0.25) is 5.02 Å². The summed E-state index contributed by atoms with van der Waals surface area (Å²) in [4.78, 5) is 39.3. The number of carbonyl (C=O) groups excluding carboxylic acids is 2. The number of anilines is 1. The van der Waals surface area contributed by atoms with Crippen LogP contribution in [0.1, 0.15) is 10.5 Å². The molecular formula is C20H19ClN6O4. The summed E-state index contributed by atoms with van der Waals surface area (Å²) in [6.45, 7) is 2.19. The number of nitrogens with zero attached hydrogens (tertiary/aromatic N) is 4. The van der Waals surface area contributed by atoms with Crippen molar-refractivity contribution in [3.8, 4) is 0 Å². The Morgan fingerprint density at radius 1 is 1.16 bits per heavy atom. The Kier molecular flexibility index (Phi) is 5.72. The third-order valence-corrected chi connectivity index (χ3v) is 5.41. The van der Waals surface area contributed by atoms with E-state index in [2.05, 4.69) is 20.4 Å². The zero-order chi connectivity index (χ0) is 22.0. The first-order chi connectivity index (χ1) is 14.9. The second-order valence-corrected chi connectivity index (χ2v) is 7.53. The van der Waals surface area contributed by atoms with Crippen LogP contribution >= 0.6 is 11.6 Å². The summed E-state index contributed by atoms with van der Waals surface area (Å²) in [7, 11) is 0. The lowest BCUT2D eigenvalue weighted by Crippen LogP contribution is -2.51. The molecule has 4 rings (SSSR count). The Morgan fingerprint density at radius 2 is 1.94 bits per heavy atom. The number of aromatic amines is 1. The van der Waals surface area contributed by atoms with Crippen LogP contribution in [0.25, 0.3) is 10.9 Å². The van der Waals surface area contributed by atoms with Gasteiger partial charge >= 0.3 is 0 Å². The molecular weight excluding hydrogens is 424 g/mol. The number of fused-ring (bicyclic) bond motifs is 1. The smallest absolute Gasteiger partial charge is 0.272 e. The molecule has 1 aliphatic rings. The van der Waals surface area contributed by atoms with E-state index < -0.39 is 10.8 Å². The number of rotatable bonds is 5. The fraction of sp³-hybridized carbons (Fsp3) is 0.250. The van der Waals surface area contributed by atoms with Crippen molar-refractivity contribution in [3.63, 3.8) is 0 Å². The van der Waals surface area contributed by atoms with E-state index in [1.165, 1.54) is 18.2 Å². The van der Waals surface area contributed by atoms with E-state index in [1.807, 2.05) is 24.3 Å². The van der Waals surface area contributed by atoms with Gasteiger partial charge in [-0.15, -0.1) is 0 Å². The summed E-state index contributed by atoms with van der Waals surface area (Å²) < 4.78 is 0. The van der Waals surface area contributed by atoms with Crippen LogP contribution in [-0.2, 0) is 4.79 Å². The molecule has 0 aliphatic carbocycles. The van der Waals surface area contributed by atoms with E-state index in [4.69, 9.17) is 11.6 Å². The topological polar surface area (TPSA) is 124 Å². The molecule has 11 heteroatoms. The normalized spacial score (nSPS) is 14.0. The number of hydrogen-bond donors (Lipinski definition) is 2. The first-order valence-corrected chi connectivity index (χ1v) is 9.99. The molecule has 0 saturated carbocycles. The van der Waals surface area contributed by atoms with Crippen molar-refractivity contribution in [1.29, 1.82) is 0 Å². The third-order valence-electron chi connectivity index (χ3n) is 5.18. The average molecular weight is 443 g/mol. The Hall–Kier alpha value is -3.66. The van der Waals surface area contributed by atoms with Gasteiger partial charge in [-0.2, -0.15) is 5.10 Å². The molecule has 31 heavy (non-hydrogen) atoms. The standard InChI is InChI=1S/C20H19ClN6O4/c21-13-2-1-3-14(10-13)25-6-8-26(9-7-25)18(28)12-22-20(29)19-16-11-15(27(30)31)4-5-17(16)23-24-19/h1-5,10-11H,6-9,12H2,(H,22,29)(H,23,24). The van der Waals surface area contributed by atoms with Crippen LogP contribution in [0.4, 0.5) is 11.4 Å². The predicted molar refractivity (Wildman–Crippen MR) is 115 cm³/mol. The first kappa shape index (κ1) is 20.6. The molecule has 3 aromatic rings. The number of nitro groups is 1. The van der Waals surface area contributed by atoms with Gasteiger partial charge in [-0.3, -0.25) is 24.8 Å². The summed E-state index contributed by atoms with van der Waals surface area (Å²) in [5.74, 6) is -0.775. The van der Waals surface area contributed by atoms with Gasteiger partial charge in [0, 0.05) is 54.4 Å². The maximum Gasteiger partial charge on any atom is 0.272 e. The molecule has 1 saturated heterocycles. The molecule has 0 atom stereocenters. The Morgan fingerprint density at radius 3 is 2.65 bits per heavy atom. The molecule has 0 bridgehead atoms. The minimum atomic E-state index is -0.572. The highest BCUT2D eigenvalue weighted by atomic mass is 35.5. The van der Waals surface area contributed by atoms with Crippen molar-refractivity contribution in [1.82, 2.24) is 20.4 Å². The molecule has 0 radical (unpaired) electrons. The number of aromatic nitrogens is 2. The maximum atomic E-state index is 12.5. The quantitative estimate of drug-likeness (QED) is 0.461. The van der Waals surface area contributed by atoms with Gasteiger partial charge in [-0.25, -0.2) is 0 Å². The number of carbonyl (C=O) groups is 2. The summed E-state index contributed by atoms with van der Waals surface area (Å²) in [5, 5.41) is 21.1. The van der Waals surface area contributed by atoms with Crippen molar-refractivity contribution in [3.05, 3.63) is 63.3 Å². The van der Waals surface area contributed by atoms with Crippen molar-refractivity contribution in [2.24, 2.45) is 0 Å². The van der Waals surface area contributed by atoms with Gasteiger partial charge in [0.25, 0.3) is 11.6 Å². The molecule has 2 amide bonds. The summed E-state index contributed by atoms with van der Waals surface area (Å²) >= 11 is 6.04. The van der Waals surface area contributed by atoms with E-state index in [-0.39, 0.29) is 23.8 Å². The summed E-state index contributed by atoms with van der Waals surface area (Å²) in [6, 6.07) is 11.7. The minimum absolute atomic E-state index is 0.0114. The molecule has 2 heterocycles. The van der Waals surface area contributed by atoms with Crippen LogP contribution in [0.15, 0.2) is 42.5 Å². The minimum Gasteiger partial charge on any atom is -0.368 e. The van der Waals surface area contributed by atoms with Crippen molar-refractivity contribution in [2.45, 2.75) is 0 Å². The lowest BCUT2D eigenvalue weighted by atomic mass is 10.2. The molecule has 160 valence electrons. The van der Waals surface area contributed by atoms with Gasteiger partial charge in [0.2, 0.25) is 5.91 Å². The highest BCUT2D eigenvalue weighted by Gasteiger charge is 2.23. The number of amides is 2. The van der Waals surface area contributed by atoms with Gasteiger partial charge < -0.3 is 15.1 Å². The Labute approximate surface area is 181 Å². The number of piperazine rings is 1. The summed E-state index contributed by atoms with van der Waals surface area (Å²) in [6.07, 6.45) is 0. The molecule has 1 aliphatic heterocycles. The van der Waals surface area contributed by atoms with Crippen LogP contribution in [0, 0.1) is 10.1 Å². The van der Waals surface area contributed by atoms with Crippen molar-refractivity contribution < 1.29 is 14.5 Å². The molecule has 0 unspecified atom stereocenters. The van der Waals surface area contributed by atoms with Crippen LogP contribution in [0.5, 0.6) is 0 Å². The van der Waals surface area contributed by atoms with Gasteiger partial charge in [0.05, 0.1) is 17.0 Å². The lowest BCUT2D eigenvalue weighted by molar-refractivity contribution is -0.384. The highest BCUT2D eigenvalue weighted by molar-refractivity contribution is 6.30. The first-order valence-electron chi connectivity index (χ1n) is 9.61. The second kappa shape index (κ2) is 8.60. The van der Waals surface area contributed by atoms with E-state index in [0.717, 1.165) is 5.69 Å². The Bertz CT molecular complexity index is 1160. The van der Waals surface area contributed by atoms with E-state index in [9.17, 15) is 19.7 Å². The maximum absolute atomic E-state index is 12.5. The van der Waals surface area contributed by atoms with Crippen molar-refractivity contribution >= 4 is 45.7 Å². The number of halogens is 1. The molecule has 0 spiro atoms. The monoisotopic (exact) mass is 442 g/mol. The molecule has 2 N–H and O–H groups in total. The van der Waals surface area contributed by atoms with E-state index in [0.29, 0.717) is 42.1 Å². The van der Waals surface area contributed by atoms with Crippen LogP contribution in [-0.4, -0.2) is 64.6 Å². The number of hydrogen-bond acceptors (Lipinski definition) is 6. The zero-order valence-corrected chi connectivity index (χ0v) is 17.1. The van der Waals surface area contributed by atoms with Crippen LogP contribution in [0.3, 0.4) is 0 Å². The fourth-order valence-corrected chi connectivity index (χ4v) is 3.71. The number of nitrogens with one attached hydrogen (secondary N) is 2. The molecule has 10 nitrogen and oxygen atoms in total. The number of H-pyrrole nitrogens is 1. The second-order valence-electron chi connectivity index (χ2n) is 7.09. The number of non-ortho nitro benzene ring substituents is 1. The Balaban J connectivity index is 1.34. The number of nitro benzene ring substituents is 1. The SMILES string of the molecule is O=C(NCC(=O)N1CCN(c2cccc(Cl)c2)CC1)c1n[nH]c2ccc([N+](=O)[O-])cc12. The van der Waals surface area contributed by atoms with Crippen molar-refractivity contribution in [2.75, 3.05) is 37.6 Å². The fourth-order valence-electron chi connectivity index (χ4n) is 3.53. The molecule has 2 aromatic carbocycles. The largest absolute Gasteiger partial charge is 0.368 e. The number of benzene rings is 2. The average Bonchev–Trinajstić information content (AvgIpc) is 3.20. The lowest BCUT2D eigenvalue weighted by Gasteiger charge is -2.36. The van der Waals surface area contributed by atoms with Crippen LogP contribution < -0.4 is 10.2 Å². The van der Waals surface area contributed by atoms with Gasteiger partial charge in [-0.1, -0.05) is 17.7 Å². The van der Waals surface area contributed by atoms with E-state index >= 15 is 0 Å². The van der Waals surface area contributed by atoms with Gasteiger partial charge in [-0.05, 0) is 24.3 Å². The molecule has 1 fully saturated rings. The molecule has 1 aromatic heterocycles. The third kappa shape index (κ3) is 4.43. The zero-order valence-electron chi connectivity index (χ0n) is 16.4. The van der Waals surface area contributed by atoms with E-state index in [1.54, 1.807) is 4.90 Å². The van der Waals surface area contributed by atoms with Gasteiger partial charge in [0.1, 0.15) is 0 Å².